The molecule has 0 fully saturated rings. The van der Waals surface area contributed by atoms with Crippen LogP contribution in [0.15, 0.2) is 52.4 Å². The summed E-state index contributed by atoms with van der Waals surface area (Å²) in [5, 5.41) is 0. The van der Waals surface area contributed by atoms with Crippen LogP contribution in [-0.4, -0.2) is 29.4 Å². The molecule has 0 saturated heterocycles. The van der Waals surface area contributed by atoms with E-state index in [4.69, 9.17) is 4.74 Å². The van der Waals surface area contributed by atoms with Gasteiger partial charge >= 0.3 is 0 Å². The molecule has 0 aliphatic carbocycles. The van der Waals surface area contributed by atoms with E-state index >= 15 is 0 Å². The molecule has 1 aromatic heterocycles. The molecule has 0 N–H and O–H groups in total. The topological polar surface area (TPSA) is 68.6 Å². The number of fused-ring (bicyclic) bond motifs is 1. The van der Waals surface area contributed by atoms with Gasteiger partial charge in [-0.25, -0.2) is 0 Å². The highest BCUT2D eigenvalue weighted by Gasteiger charge is 2.27. The quantitative estimate of drug-likeness (QED) is 0.539. The van der Waals surface area contributed by atoms with E-state index in [9.17, 15) is 14.4 Å². The summed E-state index contributed by atoms with van der Waals surface area (Å²) in [6, 6.07) is 5.97. The molecule has 2 heterocycles. The first-order chi connectivity index (χ1) is 12.8. The first-order valence-corrected chi connectivity index (χ1v) is 9.23. The minimum atomic E-state index is -0.695. The lowest BCUT2D eigenvalue weighted by Gasteiger charge is -2.29. The number of ether oxygens (including phenoxy) is 1. The fourth-order valence-corrected chi connectivity index (χ4v) is 3.61. The molecular formula is C20H19BrN2O4. The van der Waals surface area contributed by atoms with Crippen molar-refractivity contribution in [2.75, 3.05) is 18.1 Å². The van der Waals surface area contributed by atoms with Crippen molar-refractivity contribution < 1.29 is 14.3 Å². The van der Waals surface area contributed by atoms with E-state index in [1.54, 1.807) is 43.5 Å². The van der Waals surface area contributed by atoms with Gasteiger partial charge in [-0.3, -0.25) is 14.4 Å². The maximum atomic E-state index is 13.0. The summed E-state index contributed by atoms with van der Waals surface area (Å²) in [5.41, 5.74) is 1.52. The number of rotatable bonds is 5. The predicted octanol–water partition coefficient (Wildman–Crippen LogP) is 3.27. The fraction of sp³-hybridized carbons (Fsp3) is 0.250. The Bertz CT molecular complexity index is 996. The van der Waals surface area contributed by atoms with Gasteiger partial charge < -0.3 is 14.2 Å². The van der Waals surface area contributed by atoms with E-state index in [1.165, 1.54) is 9.47 Å². The molecule has 0 spiro atoms. The minimum Gasteiger partial charge on any atom is -0.482 e. The van der Waals surface area contributed by atoms with E-state index < -0.39 is 6.04 Å². The minimum absolute atomic E-state index is 0.0444. The second-order valence-electron chi connectivity index (χ2n) is 6.38. The third-order valence-corrected chi connectivity index (χ3v) is 5.00. The van der Waals surface area contributed by atoms with Crippen molar-refractivity contribution in [2.45, 2.75) is 19.9 Å². The molecule has 1 aromatic carbocycles. The predicted molar refractivity (Wildman–Crippen MR) is 107 cm³/mol. The smallest absolute Gasteiger partial charge is 0.265 e. The number of carbonyl (C=O) groups excluding carboxylic acids is 2. The zero-order valence-corrected chi connectivity index (χ0v) is 16.7. The number of Topliss-reactive ketones (excluding diaryl/α,β-unsaturated/α-hetero) is 1. The van der Waals surface area contributed by atoms with Gasteiger partial charge in [0.15, 0.2) is 12.4 Å². The molecule has 1 aliphatic rings. The van der Waals surface area contributed by atoms with Crippen molar-refractivity contribution in [1.29, 1.82) is 0 Å². The van der Waals surface area contributed by atoms with Gasteiger partial charge in [0.05, 0.1) is 16.2 Å². The number of pyridine rings is 1. The van der Waals surface area contributed by atoms with Crippen LogP contribution >= 0.6 is 15.9 Å². The van der Waals surface area contributed by atoms with Gasteiger partial charge in [-0.1, -0.05) is 6.08 Å². The summed E-state index contributed by atoms with van der Waals surface area (Å²) in [4.78, 5) is 39.1. The molecule has 0 radical (unpaired) electrons. The van der Waals surface area contributed by atoms with Crippen molar-refractivity contribution in [2.24, 2.45) is 0 Å². The Kier molecular flexibility index (Phi) is 5.32. The number of benzene rings is 1. The Morgan fingerprint density at radius 3 is 2.81 bits per heavy atom. The van der Waals surface area contributed by atoms with Gasteiger partial charge in [0.1, 0.15) is 5.75 Å². The summed E-state index contributed by atoms with van der Waals surface area (Å²) < 4.78 is 7.26. The lowest BCUT2D eigenvalue weighted by Crippen LogP contribution is -2.39. The van der Waals surface area contributed by atoms with Crippen LogP contribution in [0.25, 0.3) is 0 Å². The van der Waals surface area contributed by atoms with E-state index in [0.29, 0.717) is 28.0 Å². The summed E-state index contributed by atoms with van der Waals surface area (Å²) in [6.07, 6.45) is 3.28. The number of amides is 1. The lowest BCUT2D eigenvalue weighted by molar-refractivity contribution is -0.121. The van der Waals surface area contributed by atoms with Crippen LogP contribution in [0.2, 0.25) is 0 Å². The Morgan fingerprint density at radius 2 is 2.11 bits per heavy atom. The van der Waals surface area contributed by atoms with E-state index in [0.717, 1.165) is 5.56 Å². The lowest BCUT2D eigenvalue weighted by atomic mass is 10.0. The van der Waals surface area contributed by atoms with Gasteiger partial charge in [0, 0.05) is 18.3 Å². The first-order valence-electron chi connectivity index (χ1n) is 8.44. The summed E-state index contributed by atoms with van der Waals surface area (Å²) in [7, 11) is 0. The number of nitrogens with zero attached hydrogens (tertiary/aromatic N) is 2. The Hall–Kier alpha value is -2.67. The SMILES string of the molecule is C=CCN1C(=O)COc2ccc(C(=O)C(C)n3cc(C)cc(Br)c3=O)cc21. The second kappa shape index (κ2) is 7.52. The van der Waals surface area contributed by atoms with Crippen LogP contribution in [0.3, 0.4) is 0 Å². The standard InChI is InChI=1S/C20H19BrN2O4/c1-4-7-22-16-9-14(5-6-17(16)27-11-18(22)24)19(25)13(3)23-10-12(2)8-15(21)20(23)26/h4-6,8-10,13H,1,7,11H2,2-3H3. The molecule has 6 nitrogen and oxygen atoms in total. The molecule has 1 amide bonds. The highest BCUT2D eigenvalue weighted by atomic mass is 79.9. The highest BCUT2D eigenvalue weighted by Crippen LogP contribution is 2.33. The molecule has 1 aliphatic heterocycles. The Morgan fingerprint density at radius 1 is 1.37 bits per heavy atom. The molecular weight excluding hydrogens is 412 g/mol. The van der Waals surface area contributed by atoms with Gasteiger partial charge in [0.25, 0.3) is 11.5 Å². The van der Waals surface area contributed by atoms with Crippen molar-refractivity contribution in [3.8, 4) is 5.75 Å². The highest BCUT2D eigenvalue weighted by molar-refractivity contribution is 9.10. The summed E-state index contributed by atoms with van der Waals surface area (Å²) in [5.74, 6) is 0.115. The largest absolute Gasteiger partial charge is 0.482 e. The number of ketones is 1. The molecule has 2 aromatic rings. The molecule has 7 heteroatoms. The number of hydrogen-bond donors (Lipinski definition) is 0. The van der Waals surface area contributed by atoms with Gasteiger partial charge in [0.2, 0.25) is 0 Å². The van der Waals surface area contributed by atoms with E-state index in [1.807, 2.05) is 6.92 Å². The van der Waals surface area contributed by atoms with Crippen LogP contribution in [0.5, 0.6) is 5.75 Å². The van der Waals surface area contributed by atoms with Crippen LogP contribution < -0.4 is 15.2 Å². The van der Waals surface area contributed by atoms with Gasteiger partial charge in [-0.2, -0.15) is 0 Å². The van der Waals surface area contributed by atoms with Crippen LogP contribution in [0.4, 0.5) is 5.69 Å². The molecule has 0 saturated carbocycles. The number of anilines is 1. The molecule has 140 valence electrons. The van der Waals surface area contributed by atoms with Crippen molar-refractivity contribution in [1.82, 2.24) is 4.57 Å². The molecule has 1 unspecified atom stereocenters. The number of halogens is 1. The number of hydrogen-bond acceptors (Lipinski definition) is 4. The zero-order chi connectivity index (χ0) is 19.7. The molecule has 1 atom stereocenters. The molecule has 3 rings (SSSR count). The Labute approximate surface area is 165 Å². The maximum Gasteiger partial charge on any atom is 0.265 e. The zero-order valence-electron chi connectivity index (χ0n) is 15.1. The molecule has 27 heavy (non-hydrogen) atoms. The fourth-order valence-electron chi connectivity index (χ4n) is 3.04. The van der Waals surface area contributed by atoms with Crippen LogP contribution in [0, 0.1) is 6.92 Å². The van der Waals surface area contributed by atoms with Crippen LogP contribution in [-0.2, 0) is 4.79 Å². The second-order valence-corrected chi connectivity index (χ2v) is 7.24. The summed E-state index contributed by atoms with van der Waals surface area (Å²) >= 11 is 3.24. The van der Waals surface area contributed by atoms with Crippen LogP contribution in [0.1, 0.15) is 28.9 Å². The third kappa shape index (κ3) is 3.60. The van der Waals surface area contributed by atoms with E-state index in [-0.39, 0.29) is 23.9 Å². The number of aryl methyl sites for hydroxylation is 1. The third-order valence-electron chi connectivity index (χ3n) is 4.43. The van der Waals surface area contributed by atoms with Gasteiger partial charge in [-0.15, -0.1) is 6.58 Å². The number of carbonyl (C=O) groups is 2. The normalized spacial score (nSPS) is 14.3. The molecule has 0 bridgehead atoms. The monoisotopic (exact) mass is 430 g/mol. The summed E-state index contributed by atoms with van der Waals surface area (Å²) in [6.45, 7) is 7.48. The average Bonchev–Trinajstić information content (AvgIpc) is 2.65. The van der Waals surface area contributed by atoms with Gasteiger partial charge in [-0.05, 0) is 59.6 Å². The van der Waals surface area contributed by atoms with Crippen molar-refractivity contribution >= 4 is 33.3 Å². The van der Waals surface area contributed by atoms with Crippen molar-refractivity contribution in [3.05, 3.63) is 69.1 Å². The van der Waals surface area contributed by atoms with E-state index in [2.05, 4.69) is 22.5 Å². The first kappa shape index (κ1) is 19.1. The Balaban J connectivity index is 2.00. The number of aromatic nitrogens is 1. The average molecular weight is 431 g/mol. The van der Waals surface area contributed by atoms with Crippen molar-refractivity contribution in [3.63, 3.8) is 0 Å². The maximum absolute atomic E-state index is 13.0.